The summed E-state index contributed by atoms with van der Waals surface area (Å²) in [5.41, 5.74) is 1.10. The highest BCUT2D eigenvalue weighted by Gasteiger charge is 2.24. The molecule has 2 fully saturated rings. The van der Waals surface area contributed by atoms with Crippen LogP contribution in [-0.2, 0) is 11.3 Å². The number of rotatable bonds is 7. The summed E-state index contributed by atoms with van der Waals surface area (Å²) in [7, 11) is 1.76. The van der Waals surface area contributed by atoms with Gasteiger partial charge in [-0.05, 0) is 50.2 Å². The van der Waals surface area contributed by atoms with Crippen LogP contribution in [0.25, 0.3) is 0 Å². The first kappa shape index (κ1) is 20.2. The molecule has 1 amide bonds. The number of aromatic nitrogens is 1. The van der Waals surface area contributed by atoms with Crippen LogP contribution in [0.3, 0.4) is 0 Å². The maximum Gasteiger partial charge on any atom is 0.409 e. The van der Waals surface area contributed by atoms with Gasteiger partial charge in [0.2, 0.25) is 5.88 Å². The summed E-state index contributed by atoms with van der Waals surface area (Å²) in [6.07, 6.45) is 5.83. The van der Waals surface area contributed by atoms with E-state index in [-0.39, 0.29) is 12.1 Å². The van der Waals surface area contributed by atoms with Gasteiger partial charge in [0.05, 0.1) is 13.2 Å². The second-order valence-corrected chi connectivity index (χ2v) is 7.29. The van der Waals surface area contributed by atoms with Crippen molar-refractivity contribution in [2.45, 2.75) is 45.2 Å². The number of ether oxygens (including phenoxy) is 2. The summed E-state index contributed by atoms with van der Waals surface area (Å²) in [6.45, 7) is 5.03. The van der Waals surface area contributed by atoms with Crippen molar-refractivity contribution in [3.8, 4) is 5.88 Å². The minimum atomic E-state index is -0.221. The molecule has 1 aromatic heterocycles. The van der Waals surface area contributed by atoms with Crippen LogP contribution in [0.4, 0.5) is 4.79 Å². The van der Waals surface area contributed by atoms with Crippen molar-refractivity contribution in [2.75, 3.05) is 33.4 Å². The number of carbonyl (C=O) groups excluding carboxylic acids is 1. The summed E-state index contributed by atoms with van der Waals surface area (Å²) in [5, 5.41) is 6.79. The quantitative estimate of drug-likeness (QED) is 0.549. The lowest BCUT2D eigenvalue weighted by Gasteiger charge is -2.32. The van der Waals surface area contributed by atoms with Gasteiger partial charge in [-0.3, -0.25) is 4.99 Å². The van der Waals surface area contributed by atoms with Gasteiger partial charge in [-0.15, -0.1) is 0 Å². The lowest BCUT2D eigenvalue weighted by atomic mass is 10.1. The summed E-state index contributed by atoms with van der Waals surface area (Å²) in [5.74, 6) is 2.15. The molecule has 8 heteroatoms. The fourth-order valence-electron chi connectivity index (χ4n) is 3.12. The highest BCUT2D eigenvalue weighted by molar-refractivity contribution is 5.80. The number of nitrogens with one attached hydrogen (secondary N) is 2. The van der Waals surface area contributed by atoms with Crippen LogP contribution in [0.1, 0.15) is 38.2 Å². The Morgan fingerprint density at radius 2 is 2.11 bits per heavy atom. The molecule has 1 saturated heterocycles. The van der Waals surface area contributed by atoms with Crippen LogP contribution in [0.5, 0.6) is 5.88 Å². The van der Waals surface area contributed by atoms with E-state index in [1.165, 1.54) is 12.8 Å². The standard InChI is InChI=1S/C20H31N5O3/c1-3-27-20(26)25-10-7-17(8-11-25)24-19(21-2)23-13-16-6-9-22-18(12-16)28-14-15-4-5-15/h6,9,12,15,17H,3-5,7-8,10-11,13-14H2,1-2H3,(H2,21,23,24). The fourth-order valence-corrected chi connectivity index (χ4v) is 3.12. The molecule has 0 bridgehead atoms. The van der Waals surface area contributed by atoms with Crippen LogP contribution in [0, 0.1) is 5.92 Å². The van der Waals surface area contributed by atoms with Crippen molar-refractivity contribution in [3.05, 3.63) is 23.9 Å². The molecular formula is C20H31N5O3. The van der Waals surface area contributed by atoms with Crippen LogP contribution in [0.2, 0.25) is 0 Å². The number of guanidine groups is 1. The number of pyridine rings is 1. The van der Waals surface area contributed by atoms with Gasteiger partial charge in [-0.25, -0.2) is 9.78 Å². The molecular weight excluding hydrogens is 358 g/mol. The number of amides is 1. The maximum atomic E-state index is 11.8. The molecule has 1 aliphatic heterocycles. The largest absolute Gasteiger partial charge is 0.477 e. The highest BCUT2D eigenvalue weighted by Crippen LogP contribution is 2.29. The molecule has 0 spiro atoms. The van der Waals surface area contributed by atoms with E-state index in [1.54, 1.807) is 18.1 Å². The molecule has 3 rings (SSSR count). The lowest BCUT2D eigenvalue weighted by molar-refractivity contribution is 0.0963. The van der Waals surface area contributed by atoms with Gasteiger partial charge < -0.3 is 25.0 Å². The topological polar surface area (TPSA) is 88.1 Å². The monoisotopic (exact) mass is 389 g/mol. The first-order chi connectivity index (χ1) is 13.7. The van der Waals surface area contributed by atoms with Crippen molar-refractivity contribution in [1.82, 2.24) is 20.5 Å². The molecule has 0 radical (unpaired) electrons. The van der Waals surface area contributed by atoms with Crippen LogP contribution in [-0.4, -0.2) is 61.3 Å². The zero-order valence-electron chi connectivity index (χ0n) is 16.8. The number of carbonyl (C=O) groups is 1. The van der Waals surface area contributed by atoms with E-state index in [1.807, 2.05) is 19.1 Å². The average molecular weight is 390 g/mol. The molecule has 28 heavy (non-hydrogen) atoms. The molecule has 154 valence electrons. The van der Waals surface area contributed by atoms with Crippen molar-refractivity contribution >= 4 is 12.1 Å². The van der Waals surface area contributed by atoms with Gasteiger partial charge in [-0.1, -0.05) is 0 Å². The zero-order valence-corrected chi connectivity index (χ0v) is 16.8. The Morgan fingerprint density at radius 1 is 1.32 bits per heavy atom. The smallest absolute Gasteiger partial charge is 0.409 e. The van der Waals surface area contributed by atoms with E-state index in [2.05, 4.69) is 20.6 Å². The van der Waals surface area contributed by atoms with Crippen LogP contribution in [0.15, 0.2) is 23.3 Å². The number of hydrogen-bond donors (Lipinski definition) is 2. The summed E-state index contributed by atoms with van der Waals surface area (Å²) < 4.78 is 10.8. The molecule has 0 unspecified atom stereocenters. The highest BCUT2D eigenvalue weighted by atomic mass is 16.6. The van der Waals surface area contributed by atoms with E-state index in [4.69, 9.17) is 9.47 Å². The van der Waals surface area contributed by atoms with Gasteiger partial charge >= 0.3 is 6.09 Å². The first-order valence-electron chi connectivity index (χ1n) is 10.1. The number of aliphatic imine (C=N–C) groups is 1. The number of piperidine rings is 1. The van der Waals surface area contributed by atoms with Gasteiger partial charge in [-0.2, -0.15) is 0 Å². The molecule has 2 aliphatic rings. The van der Waals surface area contributed by atoms with Gasteiger partial charge in [0.15, 0.2) is 5.96 Å². The Bertz CT molecular complexity index is 670. The minimum Gasteiger partial charge on any atom is -0.477 e. The number of hydrogen-bond acceptors (Lipinski definition) is 5. The van der Waals surface area contributed by atoms with Crippen molar-refractivity contribution in [3.63, 3.8) is 0 Å². The Hall–Kier alpha value is -2.51. The molecule has 1 saturated carbocycles. The maximum absolute atomic E-state index is 11.8. The Labute approximate surface area is 166 Å². The molecule has 1 aromatic rings. The van der Waals surface area contributed by atoms with Gasteiger partial charge in [0.25, 0.3) is 0 Å². The third kappa shape index (κ3) is 6.28. The number of likely N-dealkylation sites (tertiary alicyclic amines) is 1. The average Bonchev–Trinajstić information content (AvgIpc) is 3.55. The zero-order chi connectivity index (χ0) is 19.8. The van der Waals surface area contributed by atoms with E-state index in [0.29, 0.717) is 38.0 Å². The van der Waals surface area contributed by atoms with Crippen molar-refractivity contribution in [2.24, 2.45) is 10.9 Å². The summed E-state index contributed by atoms with van der Waals surface area (Å²) >= 11 is 0. The predicted molar refractivity (Wildman–Crippen MR) is 107 cm³/mol. The van der Waals surface area contributed by atoms with Crippen molar-refractivity contribution < 1.29 is 14.3 Å². The molecule has 2 heterocycles. The normalized spacial score (nSPS) is 17.9. The molecule has 2 N–H and O–H groups in total. The number of nitrogens with zero attached hydrogens (tertiary/aromatic N) is 3. The lowest BCUT2D eigenvalue weighted by Crippen LogP contribution is -2.49. The predicted octanol–water partition coefficient (Wildman–Crippen LogP) is 2.16. The summed E-state index contributed by atoms with van der Waals surface area (Å²) in [4.78, 5) is 22.1. The Kier molecular flexibility index (Phi) is 7.33. The summed E-state index contributed by atoms with van der Waals surface area (Å²) in [6, 6.07) is 4.23. The van der Waals surface area contributed by atoms with E-state index >= 15 is 0 Å². The van der Waals surface area contributed by atoms with Crippen molar-refractivity contribution in [1.29, 1.82) is 0 Å². The molecule has 0 aromatic carbocycles. The van der Waals surface area contributed by atoms with E-state index < -0.39 is 0 Å². The van der Waals surface area contributed by atoms with Crippen LogP contribution >= 0.6 is 0 Å². The third-order valence-corrected chi connectivity index (χ3v) is 5.01. The molecule has 1 aliphatic carbocycles. The van der Waals surface area contributed by atoms with E-state index in [9.17, 15) is 4.79 Å². The third-order valence-electron chi connectivity index (χ3n) is 5.01. The van der Waals surface area contributed by atoms with Crippen LogP contribution < -0.4 is 15.4 Å². The molecule has 0 atom stereocenters. The Balaban J connectivity index is 1.41. The second kappa shape index (κ2) is 10.1. The van der Waals surface area contributed by atoms with Gasteiger partial charge in [0, 0.05) is 45.0 Å². The SMILES string of the molecule is CCOC(=O)N1CCC(NC(=NC)NCc2ccnc(OCC3CC3)c2)CC1. The first-order valence-corrected chi connectivity index (χ1v) is 10.1. The Morgan fingerprint density at radius 3 is 2.79 bits per heavy atom. The van der Waals surface area contributed by atoms with E-state index in [0.717, 1.165) is 31.0 Å². The minimum absolute atomic E-state index is 0.221. The fraction of sp³-hybridized carbons (Fsp3) is 0.650. The van der Waals surface area contributed by atoms with Gasteiger partial charge in [0.1, 0.15) is 0 Å². The second-order valence-electron chi connectivity index (χ2n) is 7.29. The molecule has 8 nitrogen and oxygen atoms in total.